The summed E-state index contributed by atoms with van der Waals surface area (Å²) in [6.45, 7) is 7.00. The number of rotatable bonds is 8. The minimum Gasteiger partial charge on any atom is -0.455 e. The summed E-state index contributed by atoms with van der Waals surface area (Å²) in [5, 5.41) is 4.43. The van der Waals surface area contributed by atoms with E-state index in [2.05, 4.69) is 380 Å². The molecule has 0 spiro atoms. The first kappa shape index (κ1) is 70.8. The molecule has 0 aliphatic carbocycles. The third kappa shape index (κ3) is 13.3. The predicted molar refractivity (Wildman–Crippen MR) is 458 cm³/mol. The van der Waals surface area contributed by atoms with Crippen molar-refractivity contribution >= 4 is 141 Å². The van der Waals surface area contributed by atoms with Gasteiger partial charge in [-0.15, -0.1) is 0 Å². The first-order valence-electron chi connectivity index (χ1n) is 37.8. The highest BCUT2D eigenvalue weighted by Crippen LogP contribution is 2.41. The Labute approximate surface area is 649 Å². The van der Waals surface area contributed by atoms with Gasteiger partial charge >= 0.3 is 27.4 Å². The van der Waals surface area contributed by atoms with Crippen LogP contribution in [0.5, 0.6) is 0 Å². The summed E-state index contributed by atoms with van der Waals surface area (Å²) in [7, 11) is 16.9. The van der Waals surface area contributed by atoms with Crippen LogP contribution in [0.2, 0.25) is 0 Å². The van der Waals surface area contributed by atoms with Crippen LogP contribution in [0.3, 0.4) is 0 Å². The number of nitrogens with zero attached hydrogens (tertiary/aromatic N) is 10. The van der Waals surface area contributed by atoms with Gasteiger partial charge < -0.3 is 36.9 Å². The number of hydrogen-bond acceptors (Lipinski definition) is 10. The van der Waals surface area contributed by atoms with Gasteiger partial charge in [-0.25, -0.2) is 28.2 Å². The van der Waals surface area contributed by atoms with E-state index >= 15 is 0 Å². The first-order valence-corrected chi connectivity index (χ1v) is 37.8. The molecule has 538 valence electrons. The largest absolute Gasteiger partial charge is 0.455 e. The summed E-state index contributed by atoms with van der Waals surface area (Å²) < 4.78 is 33.1. The van der Waals surface area contributed by atoms with Crippen LogP contribution < -0.4 is 59.9 Å². The number of furan rings is 4. The molecule has 20 rings (SSSR count). The summed E-state index contributed by atoms with van der Waals surface area (Å²) in [5.41, 5.74) is 26.4. The van der Waals surface area contributed by atoms with Gasteiger partial charge in [-0.1, -0.05) is 182 Å². The number of aromatic nitrogens is 6. The zero-order valence-corrected chi connectivity index (χ0v) is 64.4. The summed E-state index contributed by atoms with van der Waals surface area (Å²) in [6.07, 6.45) is 20.9. The van der Waals surface area contributed by atoms with E-state index in [4.69, 9.17) is 17.7 Å². The lowest BCUT2D eigenvalue weighted by atomic mass is 9.54. The lowest BCUT2D eigenvalue weighted by molar-refractivity contribution is -0.654. The number of anilines is 4. The Kier molecular flexibility index (Phi) is 19.0. The van der Waals surface area contributed by atoms with Gasteiger partial charge in [0.1, 0.15) is 50.9 Å². The second-order valence-corrected chi connectivity index (χ2v) is 29.3. The van der Waals surface area contributed by atoms with Crippen LogP contribution in [-0.2, 0) is 28.2 Å². The predicted octanol–water partition coefficient (Wildman–Crippen LogP) is 15.0. The molecule has 4 aliphatic rings. The van der Waals surface area contributed by atoms with Crippen molar-refractivity contribution in [3.8, 4) is 44.5 Å². The molecule has 4 aliphatic heterocycles. The van der Waals surface area contributed by atoms with E-state index in [0.29, 0.717) is 11.4 Å². The normalized spacial score (nSPS) is 13.3. The lowest BCUT2D eigenvalue weighted by Gasteiger charge is -2.26. The summed E-state index contributed by atoms with van der Waals surface area (Å²) in [4.78, 5) is 17.7. The van der Waals surface area contributed by atoms with Gasteiger partial charge in [0.15, 0.2) is 58.9 Å². The van der Waals surface area contributed by atoms with Crippen LogP contribution in [0.4, 0.5) is 23.1 Å². The van der Waals surface area contributed by atoms with Crippen molar-refractivity contribution in [1.29, 1.82) is 0 Å². The molecule has 111 heavy (non-hydrogen) atoms. The second kappa shape index (κ2) is 29.8. The van der Waals surface area contributed by atoms with Gasteiger partial charge in [0.25, 0.3) is 0 Å². The van der Waals surface area contributed by atoms with E-state index < -0.39 is 0 Å². The fraction of sp³-hybridized carbons (Fsp3) is 0.118. The van der Waals surface area contributed by atoms with Crippen molar-refractivity contribution in [1.82, 2.24) is 9.97 Å². The van der Waals surface area contributed by atoms with Crippen molar-refractivity contribution in [3.63, 3.8) is 0 Å². The third-order valence-electron chi connectivity index (χ3n) is 22.2. The SMILES string of the molecule is CN1B(c2cc(-c3ccccc3)cc[n+]2C)C=Cc2c1oc1ncccc21.Cc1c[n+](C)c(B2C=Cc3c(oc4ncccc34)N2C)cc1-c1ccccc1.Cc1c[n+](C)c(B2C=Cc3oc4ccccc4c3N2C)cc1-c1ccccc1.Cc1cc(B2C=Cc3oc4ccccc4c3N2C)[n+](C)cc1-c1ccccc1. The first-order chi connectivity index (χ1) is 54.1. The minimum absolute atomic E-state index is 0.0844. The van der Waals surface area contributed by atoms with E-state index in [0.717, 1.165) is 78.5 Å². The maximum absolute atomic E-state index is 6.09. The van der Waals surface area contributed by atoms with Crippen molar-refractivity contribution in [2.75, 3.05) is 47.4 Å². The van der Waals surface area contributed by atoms with Gasteiger partial charge in [-0.3, -0.25) is 0 Å². The number of pyridine rings is 6. The van der Waals surface area contributed by atoms with Crippen LogP contribution >= 0.6 is 0 Å². The molecule has 0 unspecified atom stereocenters. The Morgan fingerprint density at radius 1 is 0.315 bits per heavy atom. The number of benzene rings is 6. The van der Waals surface area contributed by atoms with E-state index in [1.54, 1.807) is 12.4 Å². The summed E-state index contributed by atoms with van der Waals surface area (Å²) in [5.74, 6) is 12.5. The standard InChI is InChI=1S/2C24H22BN2O.C23H21BN3O.C22H19BN3O/c1-17-16-26(2)23(15-20(17)18-9-5-4-6-10-18)25-14-13-22-24(27(25)3)19-11-7-8-12-21(19)28-22;1-17-15-23(26(2)16-20(17)18-9-5-4-6-10-18)25-14-13-22-24(27(25)3)19-11-7-8-12-21(19)28-22;1-16-15-26(2)21(14-20(16)17-8-5-4-6-9-17)24-12-11-19-18-10-7-13-25-22(18)28-23(19)27(24)3;1-25-14-11-17(16-7-4-3-5-8-16)15-20(25)23-12-10-19-18-9-6-13-24-21(18)27-22(19)26(23)2/h2*4-16H,1-3H3;4-15H,1-3H3;3-15H,1-2H3/q4*+1. The summed E-state index contributed by atoms with van der Waals surface area (Å²) in [6, 6.07) is 78.0. The number of hydrogen-bond donors (Lipinski definition) is 0. The molecule has 16 aromatic rings. The van der Waals surface area contributed by atoms with Gasteiger partial charge in [0, 0.05) is 92.1 Å². The highest BCUT2D eigenvalue weighted by atomic mass is 16.4. The van der Waals surface area contributed by atoms with E-state index in [-0.39, 0.29) is 27.4 Å². The Bertz CT molecular complexity index is 6330. The molecule has 14 heterocycles. The summed E-state index contributed by atoms with van der Waals surface area (Å²) >= 11 is 0. The van der Waals surface area contributed by atoms with Crippen LogP contribution in [-0.4, -0.2) is 65.5 Å². The van der Waals surface area contributed by atoms with Gasteiger partial charge in [0.2, 0.25) is 11.4 Å². The third-order valence-corrected chi connectivity index (χ3v) is 22.2. The van der Waals surface area contributed by atoms with Crippen LogP contribution in [0, 0.1) is 20.8 Å². The highest BCUT2D eigenvalue weighted by Gasteiger charge is 2.40. The molecule has 0 fully saturated rings. The average Bonchev–Trinajstić information content (AvgIpc) is 1.55. The zero-order chi connectivity index (χ0) is 76.1. The number of para-hydroxylation sites is 2. The smallest absolute Gasteiger partial charge is 0.398 e. The fourth-order valence-electron chi connectivity index (χ4n) is 16.5. The zero-order valence-electron chi connectivity index (χ0n) is 64.4. The van der Waals surface area contributed by atoms with Crippen molar-refractivity contribution in [3.05, 3.63) is 325 Å². The van der Waals surface area contributed by atoms with Gasteiger partial charge in [-0.05, 0) is 154 Å². The molecule has 0 radical (unpaired) electrons. The fourth-order valence-corrected chi connectivity index (χ4v) is 16.5. The molecule has 6 aromatic carbocycles. The Morgan fingerprint density at radius 3 is 1.14 bits per heavy atom. The molecular formula is C93H84B4N10O4+4. The number of fused-ring (bicyclic) bond motifs is 12. The average molecular weight is 1450 g/mol. The quantitative estimate of drug-likeness (QED) is 0.108. The van der Waals surface area contributed by atoms with Crippen molar-refractivity contribution in [2.45, 2.75) is 20.8 Å². The van der Waals surface area contributed by atoms with E-state index in [1.165, 1.54) is 83.6 Å². The van der Waals surface area contributed by atoms with E-state index in [1.807, 2.05) is 42.5 Å². The minimum atomic E-state index is 0.0844. The van der Waals surface area contributed by atoms with Gasteiger partial charge in [0.05, 0.1) is 11.4 Å². The molecule has 0 N–H and O–H groups in total. The second-order valence-electron chi connectivity index (χ2n) is 29.3. The topological polar surface area (TPSA) is 107 Å². The number of aryl methyl sites for hydroxylation is 7. The van der Waals surface area contributed by atoms with E-state index in [9.17, 15) is 0 Å². The molecule has 0 saturated heterocycles. The monoisotopic (exact) mass is 1450 g/mol. The highest BCUT2D eigenvalue weighted by molar-refractivity contribution is 6.82. The molecule has 0 atom stereocenters. The van der Waals surface area contributed by atoms with Crippen LogP contribution in [0.15, 0.2) is 303 Å². The van der Waals surface area contributed by atoms with Crippen LogP contribution in [0.25, 0.3) is 113 Å². The Morgan fingerprint density at radius 2 is 0.685 bits per heavy atom. The van der Waals surface area contributed by atoms with Crippen LogP contribution in [0.1, 0.15) is 39.3 Å². The molecule has 0 amide bonds. The van der Waals surface area contributed by atoms with Crippen molar-refractivity contribution < 1.29 is 35.9 Å². The maximum atomic E-state index is 6.09. The molecule has 0 bridgehead atoms. The Hall–Kier alpha value is -13.2. The lowest BCUT2D eigenvalue weighted by Crippen LogP contribution is -2.60. The molecule has 14 nitrogen and oxygen atoms in total. The van der Waals surface area contributed by atoms with Gasteiger partial charge in [-0.2, -0.15) is 0 Å². The molecular weight excluding hydrogens is 1360 g/mol. The molecule has 10 aromatic heterocycles. The molecule has 18 heteroatoms. The molecule has 0 saturated carbocycles. The maximum Gasteiger partial charge on any atom is 0.398 e. The van der Waals surface area contributed by atoms with Crippen molar-refractivity contribution in [2.24, 2.45) is 28.2 Å². The Balaban J connectivity index is 0.000000108.